The zero-order chi connectivity index (χ0) is 20.5. The molecule has 7 heteroatoms. The topological polar surface area (TPSA) is 92.0 Å². The van der Waals surface area contributed by atoms with E-state index in [1.54, 1.807) is 13.1 Å². The van der Waals surface area contributed by atoms with Gasteiger partial charge in [-0.2, -0.15) is 0 Å². The third-order valence-corrected chi connectivity index (χ3v) is 4.85. The minimum atomic E-state index is -0.491. The Morgan fingerprint density at radius 1 is 1.24 bits per heavy atom. The molecule has 0 spiro atoms. The standard InChI is InChI=1S/C22H29N5O2/c1-24-22(25-14-17-7-5-11-20(13-17)29-16-21(23)28)26-18-8-6-12-27(15-18)19-9-3-2-4-10-19/h2-5,7,9-11,13,18H,6,8,12,14-16H2,1H3,(H2,23,28)(H2,24,25,26). The summed E-state index contributed by atoms with van der Waals surface area (Å²) in [7, 11) is 1.78. The van der Waals surface area contributed by atoms with Crippen molar-refractivity contribution in [3.8, 4) is 5.75 Å². The van der Waals surface area contributed by atoms with E-state index < -0.39 is 5.91 Å². The molecule has 0 aromatic heterocycles. The summed E-state index contributed by atoms with van der Waals surface area (Å²) in [6.45, 7) is 2.50. The number of para-hydroxylation sites is 1. The highest BCUT2D eigenvalue weighted by molar-refractivity contribution is 5.80. The van der Waals surface area contributed by atoms with Gasteiger partial charge in [-0.3, -0.25) is 9.79 Å². The van der Waals surface area contributed by atoms with Crippen molar-refractivity contribution in [1.82, 2.24) is 10.6 Å². The van der Waals surface area contributed by atoms with Crippen LogP contribution < -0.4 is 26.0 Å². The van der Waals surface area contributed by atoms with Gasteiger partial charge in [0.1, 0.15) is 5.75 Å². The molecule has 2 aromatic rings. The fraction of sp³-hybridized carbons (Fsp3) is 0.364. The number of nitrogens with one attached hydrogen (secondary N) is 2. The molecule has 0 aliphatic carbocycles. The van der Waals surface area contributed by atoms with E-state index in [-0.39, 0.29) is 6.61 Å². The van der Waals surface area contributed by atoms with Gasteiger partial charge >= 0.3 is 0 Å². The minimum absolute atomic E-state index is 0.125. The average molecular weight is 396 g/mol. The van der Waals surface area contributed by atoms with Crippen LogP contribution in [0.5, 0.6) is 5.75 Å². The van der Waals surface area contributed by atoms with E-state index >= 15 is 0 Å². The van der Waals surface area contributed by atoms with Gasteiger partial charge in [-0.15, -0.1) is 0 Å². The monoisotopic (exact) mass is 395 g/mol. The Balaban J connectivity index is 1.52. The number of carbonyl (C=O) groups excluding carboxylic acids is 1. The normalized spacial score (nSPS) is 16.9. The molecule has 1 heterocycles. The molecule has 2 aromatic carbocycles. The predicted octanol–water partition coefficient (Wildman–Crippen LogP) is 1.88. The van der Waals surface area contributed by atoms with Crippen molar-refractivity contribution in [2.45, 2.75) is 25.4 Å². The zero-order valence-electron chi connectivity index (χ0n) is 16.8. The maximum Gasteiger partial charge on any atom is 0.255 e. The van der Waals surface area contributed by atoms with Gasteiger partial charge in [0.2, 0.25) is 0 Å². The van der Waals surface area contributed by atoms with Gasteiger partial charge < -0.3 is 26.0 Å². The predicted molar refractivity (Wildman–Crippen MR) is 116 cm³/mol. The highest BCUT2D eigenvalue weighted by atomic mass is 16.5. The van der Waals surface area contributed by atoms with Crippen molar-refractivity contribution in [3.05, 3.63) is 60.2 Å². The second-order valence-corrected chi connectivity index (χ2v) is 7.09. The van der Waals surface area contributed by atoms with Crippen molar-refractivity contribution in [2.75, 3.05) is 31.6 Å². The molecule has 4 N–H and O–H groups in total. The van der Waals surface area contributed by atoms with E-state index in [0.717, 1.165) is 37.5 Å². The van der Waals surface area contributed by atoms with Crippen LogP contribution in [-0.4, -0.2) is 44.7 Å². The number of nitrogens with zero attached hydrogens (tertiary/aromatic N) is 2. The third-order valence-electron chi connectivity index (χ3n) is 4.85. The Hall–Kier alpha value is -3.22. The number of aliphatic imine (C=N–C) groups is 1. The quantitative estimate of drug-likeness (QED) is 0.492. The SMILES string of the molecule is CN=C(NCc1cccc(OCC(N)=O)c1)NC1CCCN(c2ccccc2)C1. The molecule has 1 fully saturated rings. The number of hydrogen-bond acceptors (Lipinski definition) is 4. The fourth-order valence-corrected chi connectivity index (χ4v) is 3.44. The van der Waals surface area contributed by atoms with Crippen LogP contribution in [-0.2, 0) is 11.3 Å². The van der Waals surface area contributed by atoms with E-state index in [2.05, 4.69) is 44.8 Å². The molecule has 3 rings (SSSR count). The summed E-state index contributed by atoms with van der Waals surface area (Å²) in [5.41, 5.74) is 7.42. The van der Waals surface area contributed by atoms with Crippen molar-refractivity contribution in [2.24, 2.45) is 10.7 Å². The number of amides is 1. The molecule has 1 aliphatic rings. The molecule has 0 bridgehead atoms. The lowest BCUT2D eigenvalue weighted by Gasteiger charge is -2.35. The Bertz CT molecular complexity index is 825. The number of piperidine rings is 1. The molecule has 7 nitrogen and oxygen atoms in total. The smallest absolute Gasteiger partial charge is 0.255 e. The number of rotatable bonds is 7. The molecule has 1 aliphatic heterocycles. The first-order valence-corrected chi connectivity index (χ1v) is 9.91. The molecule has 1 unspecified atom stereocenters. The van der Waals surface area contributed by atoms with Gasteiger partial charge in [0, 0.05) is 38.4 Å². The Morgan fingerprint density at radius 3 is 2.83 bits per heavy atom. The number of anilines is 1. The van der Waals surface area contributed by atoms with Gasteiger partial charge in [0.15, 0.2) is 12.6 Å². The Labute approximate surface area is 172 Å². The van der Waals surface area contributed by atoms with E-state index in [9.17, 15) is 4.79 Å². The van der Waals surface area contributed by atoms with Crippen molar-refractivity contribution in [1.29, 1.82) is 0 Å². The van der Waals surface area contributed by atoms with Gasteiger partial charge in [0.05, 0.1) is 0 Å². The van der Waals surface area contributed by atoms with Crippen LogP contribution in [0.1, 0.15) is 18.4 Å². The van der Waals surface area contributed by atoms with E-state index in [1.807, 2.05) is 24.3 Å². The number of ether oxygens (including phenoxy) is 1. The first-order chi connectivity index (χ1) is 14.1. The Morgan fingerprint density at radius 2 is 2.07 bits per heavy atom. The number of benzene rings is 2. The molecule has 1 saturated heterocycles. The summed E-state index contributed by atoms with van der Waals surface area (Å²) in [6.07, 6.45) is 2.25. The maximum atomic E-state index is 10.9. The van der Waals surface area contributed by atoms with Crippen molar-refractivity contribution in [3.63, 3.8) is 0 Å². The number of guanidine groups is 1. The van der Waals surface area contributed by atoms with E-state index in [4.69, 9.17) is 10.5 Å². The number of primary amides is 1. The third kappa shape index (κ3) is 6.41. The summed E-state index contributed by atoms with van der Waals surface area (Å²) in [4.78, 5) is 17.6. The lowest BCUT2D eigenvalue weighted by atomic mass is 10.0. The molecule has 1 amide bonds. The van der Waals surface area contributed by atoms with Crippen LogP contribution in [0.4, 0.5) is 5.69 Å². The van der Waals surface area contributed by atoms with Crippen LogP contribution in [0.25, 0.3) is 0 Å². The first-order valence-electron chi connectivity index (χ1n) is 9.91. The van der Waals surface area contributed by atoms with Crippen LogP contribution in [0.15, 0.2) is 59.6 Å². The van der Waals surface area contributed by atoms with Gasteiger partial charge in [-0.1, -0.05) is 30.3 Å². The molecular formula is C22H29N5O2. The largest absolute Gasteiger partial charge is 0.484 e. The number of carbonyl (C=O) groups is 1. The lowest BCUT2D eigenvalue weighted by Crippen LogP contribution is -2.51. The summed E-state index contributed by atoms with van der Waals surface area (Å²) >= 11 is 0. The highest BCUT2D eigenvalue weighted by Gasteiger charge is 2.20. The van der Waals surface area contributed by atoms with Crippen LogP contribution in [0.3, 0.4) is 0 Å². The van der Waals surface area contributed by atoms with Gasteiger partial charge in [-0.25, -0.2) is 0 Å². The number of hydrogen-bond donors (Lipinski definition) is 3. The highest BCUT2D eigenvalue weighted by Crippen LogP contribution is 2.19. The minimum Gasteiger partial charge on any atom is -0.484 e. The van der Waals surface area contributed by atoms with Gasteiger partial charge in [-0.05, 0) is 42.7 Å². The molecule has 29 heavy (non-hydrogen) atoms. The molecule has 1 atom stereocenters. The average Bonchev–Trinajstić information content (AvgIpc) is 2.76. The lowest BCUT2D eigenvalue weighted by molar-refractivity contribution is -0.119. The summed E-state index contributed by atoms with van der Waals surface area (Å²) in [5, 5.41) is 6.89. The molecular weight excluding hydrogens is 366 g/mol. The zero-order valence-corrected chi connectivity index (χ0v) is 16.8. The maximum absolute atomic E-state index is 10.9. The fourth-order valence-electron chi connectivity index (χ4n) is 3.44. The summed E-state index contributed by atoms with van der Waals surface area (Å²) in [5.74, 6) is 0.903. The first kappa shape index (κ1) is 20.5. The van der Waals surface area contributed by atoms with Crippen LogP contribution in [0.2, 0.25) is 0 Å². The summed E-state index contributed by atoms with van der Waals surface area (Å²) < 4.78 is 5.36. The second-order valence-electron chi connectivity index (χ2n) is 7.09. The van der Waals surface area contributed by atoms with E-state index in [1.165, 1.54) is 5.69 Å². The Kier molecular flexibility index (Phi) is 7.33. The second kappa shape index (κ2) is 10.4. The molecule has 0 saturated carbocycles. The van der Waals surface area contributed by atoms with E-state index in [0.29, 0.717) is 18.3 Å². The van der Waals surface area contributed by atoms with Gasteiger partial charge in [0.25, 0.3) is 5.91 Å². The van der Waals surface area contributed by atoms with Crippen molar-refractivity contribution >= 4 is 17.6 Å². The van der Waals surface area contributed by atoms with Crippen molar-refractivity contribution < 1.29 is 9.53 Å². The number of nitrogens with two attached hydrogens (primary N) is 1. The summed E-state index contributed by atoms with van der Waals surface area (Å²) in [6, 6.07) is 18.4. The van der Waals surface area contributed by atoms with Crippen LogP contribution in [0, 0.1) is 0 Å². The molecule has 0 radical (unpaired) electrons. The van der Waals surface area contributed by atoms with Crippen LogP contribution >= 0.6 is 0 Å². The molecule has 154 valence electrons.